The SMILES string of the molecule is CC(C)c1cc(Nc2ccccc2)n2ncc(-c3ccccc3)c2n1. The monoisotopic (exact) mass is 328 g/mol. The minimum Gasteiger partial charge on any atom is -0.340 e. The van der Waals surface area contributed by atoms with Gasteiger partial charge in [0.2, 0.25) is 0 Å². The van der Waals surface area contributed by atoms with Crippen molar-refractivity contribution in [3.8, 4) is 11.1 Å². The fourth-order valence-electron chi connectivity index (χ4n) is 2.86. The number of anilines is 2. The van der Waals surface area contributed by atoms with Gasteiger partial charge in [-0.3, -0.25) is 0 Å². The first-order chi connectivity index (χ1) is 12.2. The van der Waals surface area contributed by atoms with Gasteiger partial charge in [-0.1, -0.05) is 62.4 Å². The van der Waals surface area contributed by atoms with E-state index in [1.165, 1.54) is 0 Å². The average Bonchev–Trinajstić information content (AvgIpc) is 3.07. The maximum Gasteiger partial charge on any atom is 0.165 e. The molecule has 0 aliphatic heterocycles. The Morgan fingerprint density at radius 1 is 0.920 bits per heavy atom. The number of para-hydroxylation sites is 1. The molecular formula is C21H20N4. The van der Waals surface area contributed by atoms with Crippen LogP contribution in [0.2, 0.25) is 0 Å². The quantitative estimate of drug-likeness (QED) is 0.555. The van der Waals surface area contributed by atoms with Crippen molar-refractivity contribution >= 4 is 17.2 Å². The van der Waals surface area contributed by atoms with Gasteiger partial charge in [-0.05, 0) is 23.6 Å². The maximum atomic E-state index is 4.87. The molecule has 124 valence electrons. The van der Waals surface area contributed by atoms with Gasteiger partial charge in [0, 0.05) is 23.0 Å². The van der Waals surface area contributed by atoms with Crippen LogP contribution in [0.25, 0.3) is 16.8 Å². The van der Waals surface area contributed by atoms with Crippen LogP contribution >= 0.6 is 0 Å². The van der Waals surface area contributed by atoms with E-state index in [2.05, 4.69) is 42.5 Å². The van der Waals surface area contributed by atoms with Crippen LogP contribution in [0.1, 0.15) is 25.5 Å². The Balaban J connectivity index is 1.89. The first-order valence-corrected chi connectivity index (χ1v) is 8.48. The average molecular weight is 328 g/mol. The first kappa shape index (κ1) is 15.4. The maximum absolute atomic E-state index is 4.87. The number of benzene rings is 2. The summed E-state index contributed by atoms with van der Waals surface area (Å²) in [4.78, 5) is 4.87. The summed E-state index contributed by atoms with van der Waals surface area (Å²) < 4.78 is 1.88. The highest BCUT2D eigenvalue weighted by molar-refractivity contribution is 5.78. The van der Waals surface area contributed by atoms with Gasteiger partial charge >= 0.3 is 0 Å². The molecule has 4 rings (SSSR count). The second kappa shape index (κ2) is 6.40. The van der Waals surface area contributed by atoms with Gasteiger partial charge < -0.3 is 5.32 Å². The molecular weight excluding hydrogens is 308 g/mol. The standard InChI is InChI=1S/C21H20N4/c1-15(2)19-13-20(23-17-11-7-4-8-12-17)25-21(24-19)18(14-22-25)16-9-5-3-6-10-16/h3-15,23H,1-2H3. The Labute approximate surface area is 147 Å². The molecule has 4 aromatic rings. The van der Waals surface area contributed by atoms with Crippen LogP contribution < -0.4 is 5.32 Å². The van der Waals surface area contributed by atoms with Crippen LogP contribution in [0.15, 0.2) is 72.9 Å². The van der Waals surface area contributed by atoms with Gasteiger partial charge in [0.1, 0.15) is 5.82 Å². The second-order valence-corrected chi connectivity index (χ2v) is 6.37. The van der Waals surface area contributed by atoms with Crippen LogP contribution in [0.3, 0.4) is 0 Å². The normalized spacial score (nSPS) is 11.2. The van der Waals surface area contributed by atoms with E-state index in [1.807, 2.05) is 59.2 Å². The summed E-state index contributed by atoms with van der Waals surface area (Å²) in [5.41, 5.74) is 5.11. The number of nitrogens with one attached hydrogen (secondary N) is 1. The van der Waals surface area contributed by atoms with Crippen molar-refractivity contribution < 1.29 is 0 Å². The second-order valence-electron chi connectivity index (χ2n) is 6.37. The Morgan fingerprint density at radius 3 is 2.28 bits per heavy atom. The molecule has 0 aliphatic rings. The zero-order valence-electron chi connectivity index (χ0n) is 14.3. The van der Waals surface area contributed by atoms with Crippen molar-refractivity contribution in [1.29, 1.82) is 0 Å². The lowest BCUT2D eigenvalue weighted by atomic mass is 10.1. The van der Waals surface area contributed by atoms with Crippen molar-refractivity contribution in [2.24, 2.45) is 0 Å². The number of hydrogen-bond acceptors (Lipinski definition) is 3. The van der Waals surface area contributed by atoms with Crippen molar-refractivity contribution in [2.75, 3.05) is 5.32 Å². The summed E-state index contributed by atoms with van der Waals surface area (Å²) in [5, 5.41) is 8.05. The minimum atomic E-state index is 0.333. The van der Waals surface area contributed by atoms with Crippen LogP contribution in [-0.2, 0) is 0 Å². The number of hydrogen-bond donors (Lipinski definition) is 1. The van der Waals surface area contributed by atoms with E-state index in [0.29, 0.717) is 5.92 Å². The summed E-state index contributed by atoms with van der Waals surface area (Å²) >= 11 is 0. The fourth-order valence-corrected chi connectivity index (χ4v) is 2.86. The van der Waals surface area contributed by atoms with Gasteiger partial charge in [0.15, 0.2) is 5.65 Å². The molecule has 1 N–H and O–H groups in total. The highest BCUT2D eigenvalue weighted by Crippen LogP contribution is 2.28. The molecule has 4 heteroatoms. The van der Waals surface area contributed by atoms with E-state index in [9.17, 15) is 0 Å². The predicted molar refractivity (Wildman–Crippen MR) is 102 cm³/mol. The summed E-state index contributed by atoms with van der Waals surface area (Å²) in [7, 11) is 0. The van der Waals surface area contributed by atoms with E-state index in [1.54, 1.807) is 0 Å². The van der Waals surface area contributed by atoms with E-state index in [0.717, 1.165) is 34.0 Å². The molecule has 0 bridgehead atoms. The van der Waals surface area contributed by atoms with Crippen LogP contribution in [-0.4, -0.2) is 14.6 Å². The van der Waals surface area contributed by atoms with Crippen molar-refractivity contribution in [3.63, 3.8) is 0 Å². The highest BCUT2D eigenvalue weighted by atomic mass is 15.3. The van der Waals surface area contributed by atoms with Crippen LogP contribution in [0.5, 0.6) is 0 Å². The lowest BCUT2D eigenvalue weighted by molar-refractivity contribution is 0.811. The molecule has 0 saturated heterocycles. The summed E-state index contributed by atoms with van der Waals surface area (Å²) in [6.07, 6.45) is 1.89. The van der Waals surface area contributed by atoms with E-state index in [4.69, 9.17) is 4.98 Å². The van der Waals surface area contributed by atoms with Gasteiger partial charge in [-0.25, -0.2) is 4.98 Å². The minimum absolute atomic E-state index is 0.333. The molecule has 0 atom stereocenters. The molecule has 0 saturated carbocycles. The van der Waals surface area contributed by atoms with Gasteiger partial charge in [0.25, 0.3) is 0 Å². The largest absolute Gasteiger partial charge is 0.340 e. The third kappa shape index (κ3) is 2.98. The smallest absolute Gasteiger partial charge is 0.165 e. The molecule has 4 nitrogen and oxygen atoms in total. The number of rotatable bonds is 4. The Hall–Kier alpha value is -3.14. The topological polar surface area (TPSA) is 42.2 Å². The number of fused-ring (bicyclic) bond motifs is 1. The fraction of sp³-hybridized carbons (Fsp3) is 0.143. The van der Waals surface area contributed by atoms with Crippen LogP contribution in [0.4, 0.5) is 11.5 Å². The molecule has 2 aromatic carbocycles. The van der Waals surface area contributed by atoms with E-state index >= 15 is 0 Å². The Bertz CT molecular complexity index is 989. The lowest BCUT2D eigenvalue weighted by Crippen LogP contribution is -2.05. The highest BCUT2D eigenvalue weighted by Gasteiger charge is 2.14. The Kier molecular flexibility index (Phi) is 3.94. The van der Waals surface area contributed by atoms with Gasteiger partial charge in [-0.15, -0.1) is 0 Å². The van der Waals surface area contributed by atoms with Crippen molar-refractivity contribution in [3.05, 3.63) is 78.6 Å². The zero-order chi connectivity index (χ0) is 17.2. The number of nitrogens with zero attached hydrogens (tertiary/aromatic N) is 3. The van der Waals surface area contributed by atoms with Crippen LogP contribution in [0, 0.1) is 0 Å². The van der Waals surface area contributed by atoms with E-state index in [-0.39, 0.29) is 0 Å². The third-order valence-corrected chi connectivity index (χ3v) is 4.21. The van der Waals surface area contributed by atoms with Gasteiger partial charge in [-0.2, -0.15) is 9.61 Å². The molecule has 0 fully saturated rings. The molecule has 2 aromatic heterocycles. The summed E-state index contributed by atoms with van der Waals surface area (Å²) in [6.45, 7) is 4.31. The molecule has 0 radical (unpaired) electrons. The lowest BCUT2D eigenvalue weighted by Gasteiger charge is -2.12. The molecule has 0 unspecified atom stereocenters. The molecule has 0 amide bonds. The molecule has 2 heterocycles. The zero-order valence-corrected chi connectivity index (χ0v) is 14.3. The molecule has 25 heavy (non-hydrogen) atoms. The predicted octanol–water partition coefficient (Wildman–Crippen LogP) is 5.26. The van der Waals surface area contributed by atoms with E-state index < -0.39 is 0 Å². The van der Waals surface area contributed by atoms with Gasteiger partial charge in [0.05, 0.1) is 6.20 Å². The summed E-state index contributed by atoms with van der Waals surface area (Å²) in [5.74, 6) is 1.25. The third-order valence-electron chi connectivity index (χ3n) is 4.21. The molecule has 0 aliphatic carbocycles. The summed E-state index contributed by atoms with van der Waals surface area (Å²) in [6, 6.07) is 22.5. The number of aromatic nitrogens is 3. The molecule has 0 spiro atoms. The van der Waals surface area contributed by atoms with Crippen molar-refractivity contribution in [1.82, 2.24) is 14.6 Å². The Morgan fingerprint density at radius 2 is 1.60 bits per heavy atom. The van der Waals surface area contributed by atoms with Crippen molar-refractivity contribution in [2.45, 2.75) is 19.8 Å². The first-order valence-electron chi connectivity index (χ1n) is 8.48.